The SMILES string of the molecule is O=C(CN1C(=O)N[C@H](Cc2c[nH]c3ccccc23)C1=O)Nc1ccccc1F. The third-order valence-corrected chi connectivity index (χ3v) is 4.66. The van der Waals surface area contributed by atoms with Crippen molar-refractivity contribution in [3.63, 3.8) is 0 Å². The first-order chi connectivity index (χ1) is 13.5. The lowest BCUT2D eigenvalue weighted by molar-refractivity contribution is -0.130. The number of nitrogens with zero attached hydrogens (tertiary/aromatic N) is 1. The molecule has 1 atom stereocenters. The van der Waals surface area contributed by atoms with Gasteiger partial charge in [0.25, 0.3) is 5.91 Å². The number of benzene rings is 2. The molecule has 0 saturated carbocycles. The molecule has 1 aliphatic rings. The highest BCUT2D eigenvalue weighted by atomic mass is 19.1. The molecule has 0 radical (unpaired) electrons. The van der Waals surface area contributed by atoms with Crippen molar-refractivity contribution in [2.45, 2.75) is 12.5 Å². The summed E-state index contributed by atoms with van der Waals surface area (Å²) in [5, 5.41) is 5.95. The zero-order chi connectivity index (χ0) is 19.7. The Morgan fingerprint density at radius 1 is 1.11 bits per heavy atom. The summed E-state index contributed by atoms with van der Waals surface area (Å²) in [6.07, 6.45) is 2.11. The number of amides is 4. The molecule has 1 aromatic heterocycles. The number of hydrogen-bond donors (Lipinski definition) is 3. The molecule has 2 aromatic carbocycles. The van der Waals surface area contributed by atoms with Gasteiger partial charge in [-0.05, 0) is 23.8 Å². The predicted molar refractivity (Wildman–Crippen MR) is 101 cm³/mol. The summed E-state index contributed by atoms with van der Waals surface area (Å²) < 4.78 is 13.6. The molecule has 7 nitrogen and oxygen atoms in total. The Bertz CT molecular complexity index is 1080. The van der Waals surface area contributed by atoms with E-state index in [1.807, 2.05) is 24.3 Å². The summed E-state index contributed by atoms with van der Waals surface area (Å²) in [4.78, 5) is 40.9. The lowest BCUT2D eigenvalue weighted by atomic mass is 10.1. The molecule has 8 heteroatoms. The Morgan fingerprint density at radius 3 is 2.68 bits per heavy atom. The Morgan fingerprint density at radius 2 is 1.86 bits per heavy atom. The number of aromatic nitrogens is 1. The van der Waals surface area contributed by atoms with Gasteiger partial charge in [0.15, 0.2) is 0 Å². The molecule has 1 aliphatic heterocycles. The van der Waals surface area contributed by atoms with Gasteiger partial charge in [-0.3, -0.25) is 14.5 Å². The van der Waals surface area contributed by atoms with E-state index in [2.05, 4.69) is 15.6 Å². The third-order valence-electron chi connectivity index (χ3n) is 4.66. The van der Waals surface area contributed by atoms with Gasteiger partial charge >= 0.3 is 6.03 Å². The zero-order valence-electron chi connectivity index (χ0n) is 14.7. The van der Waals surface area contributed by atoms with Gasteiger partial charge in [0.05, 0.1) is 5.69 Å². The number of aromatic amines is 1. The molecular weight excluding hydrogens is 363 g/mol. The standard InChI is InChI=1S/C20H17FN4O3/c21-14-6-2-4-8-16(14)23-18(26)11-25-19(27)17(24-20(25)28)9-12-10-22-15-7-3-1-5-13(12)15/h1-8,10,17,22H,9,11H2,(H,23,26)(H,24,28)/t17-/m1/s1. The fraction of sp³-hybridized carbons (Fsp3) is 0.150. The number of anilines is 1. The number of carbonyl (C=O) groups excluding carboxylic acids is 3. The second-order valence-electron chi connectivity index (χ2n) is 6.52. The molecular formula is C20H17FN4O3. The van der Waals surface area contributed by atoms with Crippen LogP contribution in [0.1, 0.15) is 5.56 Å². The van der Waals surface area contributed by atoms with E-state index in [9.17, 15) is 18.8 Å². The minimum absolute atomic E-state index is 0.00473. The minimum Gasteiger partial charge on any atom is -0.361 e. The molecule has 0 bridgehead atoms. The van der Waals surface area contributed by atoms with Crippen molar-refractivity contribution in [2.75, 3.05) is 11.9 Å². The predicted octanol–water partition coefficient (Wildman–Crippen LogP) is 2.41. The summed E-state index contributed by atoms with van der Waals surface area (Å²) in [5.41, 5.74) is 1.83. The van der Waals surface area contributed by atoms with Crippen molar-refractivity contribution < 1.29 is 18.8 Å². The third kappa shape index (κ3) is 3.32. The van der Waals surface area contributed by atoms with Crippen LogP contribution in [0.25, 0.3) is 10.9 Å². The Labute approximate surface area is 159 Å². The number of para-hydroxylation sites is 2. The number of halogens is 1. The Kier molecular flexibility index (Phi) is 4.52. The van der Waals surface area contributed by atoms with Gasteiger partial charge in [0.1, 0.15) is 18.4 Å². The monoisotopic (exact) mass is 380 g/mol. The van der Waals surface area contributed by atoms with Crippen molar-refractivity contribution in [1.29, 1.82) is 0 Å². The van der Waals surface area contributed by atoms with Gasteiger partial charge in [-0.1, -0.05) is 30.3 Å². The van der Waals surface area contributed by atoms with E-state index >= 15 is 0 Å². The normalized spacial score (nSPS) is 16.5. The van der Waals surface area contributed by atoms with Crippen molar-refractivity contribution in [3.8, 4) is 0 Å². The summed E-state index contributed by atoms with van der Waals surface area (Å²) in [5.74, 6) is -1.73. The van der Waals surface area contributed by atoms with E-state index in [-0.39, 0.29) is 5.69 Å². The molecule has 1 fully saturated rings. The fourth-order valence-electron chi connectivity index (χ4n) is 3.28. The largest absolute Gasteiger partial charge is 0.361 e. The van der Waals surface area contributed by atoms with E-state index < -0.39 is 36.2 Å². The van der Waals surface area contributed by atoms with E-state index in [1.165, 1.54) is 18.2 Å². The topological polar surface area (TPSA) is 94.3 Å². The molecule has 3 N–H and O–H groups in total. The molecule has 142 valence electrons. The number of rotatable bonds is 5. The molecule has 4 rings (SSSR count). The summed E-state index contributed by atoms with van der Waals surface area (Å²) in [6, 6.07) is 11.9. The lowest BCUT2D eigenvalue weighted by Gasteiger charge is -2.13. The van der Waals surface area contributed by atoms with Gasteiger partial charge < -0.3 is 15.6 Å². The maximum absolute atomic E-state index is 13.6. The Hall–Kier alpha value is -3.68. The number of urea groups is 1. The number of nitrogens with one attached hydrogen (secondary N) is 3. The second kappa shape index (κ2) is 7.15. The molecule has 0 spiro atoms. The first-order valence-corrected chi connectivity index (χ1v) is 8.74. The number of imide groups is 1. The van der Waals surface area contributed by atoms with Crippen LogP contribution in [0.3, 0.4) is 0 Å². The molecule has 1 saturated heterocycles. The smallest absolute Gasteiger partial charge is 0.325 e. The van der Waals surface area contributed by atoms with Gasteiger partial charge in [-0.2, -0.15) is 0 Å². The van der Waals surface area contributed by atoms with Crippen LogP contribution in [0, 0.1) is 5.82 Å². The fourth-order valence-corrected chi connectivity index (χ4v) is 3.28. The first-order valence-electron chi connectivity index (χ1n) is 8.74. The maximum atomic E-state index is 13.6. The second-order valence-corrected chi connectivity index (χ2v) is 6.52. The van der Waals surface area contributed by atoms with Crippen LogP contribution in [-0.2, 0) is 16.0 Å². The maximum Gasteiger partial charge on any atom is 0.325 e. The number of hydrogen-bond acceptors (Lipinski definition) is 3. The number of H-pyrrole nitrogens is 1. The molecule has 2 heterocycles. The first kappa shape index (κ1) is 17.7. The van der Waals surface area contributed by atoms with Crippen LogP contribution in [0.5, 0.6) is 0 Å². The molecule has 28 heavy (non-hydrogen) atoms. The Balaban J connectivity index is 1.44. The highest BCUT2D eigenvalue weighted by Gasteiger charge is 2.39. The molecule has 0 unspecified atom stereocenters. The molecule has 4 amide bonds. The zero-order valence-corrected chi connectivity index (χ0v) is 14.7. The van der Waals surface area contributed by atoms with Crippen LogP contribution in [0.15, 0.2) is 54.7 Å². The van der Waals surface area contributed by atoms with E-state index in [0.717, 1.165) is 21.4 Å². The molecule has 0 aliphatic carbocycles. The van der Waals surface area contributed by atoms with Crippen molar-refractivity contribution in [2.24, 2.45) is 0 Å². The van der Waals surface area contributed by atoms with Crippen LogP contribution in [-0.4, -0.2) is 40.3 Å². The van der Waals surface area contributed by atoms with Crippen LogP contribution in [0.2, 0.25) is 0 Å². The van der Waals surface area contributed by atoms with Gasteiger partial charge in [-0.25, -0.2) is 9.18 Å². The van der Waals surface area contributed by atoms with Gasteiger partial charge in [0.2, 0.25) is 5.91 Å². The highest BCUT2D eigenvalue weighted by molar-refractivity contribution is 6.08. The number of carbonyl (C=O) groups is 3. The van der Waals surface area contributed by atoms with Crippen LogP contribution < -0.4 is 10.6 Å². The van der Waals surface area contributed by atoms with Crippen molar-refractivity contribution >= 4 is 34.4 Å². The highest BCUT2D eigenvalue weighted by Crippen LogP contribution is 2.21. The van der Waals surface area contributed by atoms with Crippen LogP contribution in [0.4, 0.5) is 14.9 Å². The quantitative estimate of drug-likeness (QED) is 0.594. The number of fused-ring (bicyclic) bond motifs is 1. The minimum atomic E-state index is -0.757. The van der Waals surface area contributed by atoms with E-state index in [0.29, 0.717) is 6.42 Å². The van der Waals surface area contributed by atoms with Crippen molar-refractivity contribution in [3.05, 3.63) is 66.1 Å². The van der Waals surface area contributed by atoms with Crippen LogP contribution >= 0.6 is 0 Å². The summed E-state index contributed by atoms with van der Waals surface area (Å²) in [6.45, 7) is -0.483. The average Bonchev–Trinajstić information content (AvgIpc) is 3.20. The van der Waals surface area contributed by atoms with Gasteiger partial charge in [-0.15, -0.1) is 0 Å². The summed E-state index contributed by atoms with van der Waals surface area (Å²) >= 11 is 0. The lowest BCUT2D eigenvalue weighted by Crippen LogP contribution is -2.38. The summed E-state index contributed by atoms with van der Waals surface area (Å²) in [7, 11) is 0. The average molecular weight is 380 g/mol. The molecule has 3 aromatic rings. The van der Waals surface area contributed by atoms with E-state index in [4.69, 9.17) is 0 Å². The van der Waals surface area contributed by atoms with E-state index in [1.54, 1.807) is 12.3 Å². The van der Waals surface area contributed by atoms with Gasteiger partial charge in [0, 0.05) is 23.5 Å². The van der Waals surface area contributed by atoms with Crippen molar-refractivity contribution in [1.82, 2.24) is 15.2 Å².